The van der Waals surface area contributed by atoms with E-state index in [2.05, 4.69) is 21.5 Å². The van der Waals surface area contributed by atoms with Crippen LogP contribution in [0.25, 0.3) is 11.2 Å². The van der Waals surface area contributed by atoms with Crippen molar-refractivity contribution in [1.29, 1.82) is 0 Å². The lowest BCUT2D eigenvalue weighted by atomic mass is 10.3. The van der Waals surface area contributed by atoms with Crippen LogP contribution in [0.15, 0.2) is 18.5 Å². The Labute approximate surface area is 129 Å². The van der Waals surface area contributed by atoms with Crippen LogP contribution in [-0.2, 0) is 9.30 Å². The zero-order valence-corrected chi connectivity index (χ0v) is 12.8. The molecule has 0 saturated heterocycles. The van der Waals surface area contributed by atoms with Crippen LogP contribution in [0.5, 0.6) is 0 Å². The minimum absolute atomic E-state index is 0.0387. The molecule has 0 amide bonds. The van der Waals surface area contributed by atoms with Gasteiger partial charge in [0.1, 0.15) is 11.9 Å². The van der Waals surface area contributed by atoms with E-state index >= 15 is 0 Å². The lowest BCUT2D eigenvalue weighted by Gasteiger charge is -2.16. The number of nitrogens with two attached hydrogens (primary N) is 1. The van der Waals surface area contributed by atoms with Gasteiger partial charge in [0, 0.05) is 0 Å². The second-order valence-corrected chi connectivity index (χ2v) is 6.32. The molecule has 0 bridgehead atoms. The Hall–Kier alpha value is -1.55. The summed E-state index contributed by atoms with van der Waals surface area (Å²) in [5.74, 6) is -0.0881. The Morgan fingerprint density at radius 2 is 2.23 bits per heavy atom. The number of anilines is 1. The van der Waals surface area contributed by atoms with Gasteiger partial charge in [-0.2, -0.15) is 9.97 Å². The van der Waals surface area contributed by atoms with Gasteiger partial charge in [0.05, 0.1) is 12.9 Å². The highest BCUT2D eigenvalue weighted by molar-refractivity contribution is 7.51. The van der Waals surface area contributed by atoms with Crippen molar-refractivity contribution in [2.45, 2.75) is 6.23 Å². The molecule has 0 aliphatic carbocycles. The first kappa shape index (κ1) is 16.8. The molecule has 5 N–H and O–H groups in total. The number of nitrogens with zero attached hydrogens (tertiary/aromatic N) is 4. The van der Waals surface area contributed by atoms with Crippen LogP contribution in [0, 0.1) is 0 Å². The lowest BCUT2D eigenvalue weighted by Crippen LogP contribution is -2.14. The molecule has 12 heteroatoms. The Bertz CT molecular complexity index is 759. The fraction of sp³-hybridized carbons (Fsp3) is 0.300. The third-order valence-corrected chi connectivity index (χ3v) is 3.35. The van der Waals surface area contributed by atoms with Crippen molar-refractivity contribution in [1.82, 2.24) is 19.5 Å². The van der Waals surface area contributed by atoms with Crippen molar-refractivity contribution in [3.63, 3.8) is 0 Å². The summed E-state index contributed by atoms with van der Waals surface area (Å²) in [6.07, 6.45) is -0.791. The lowest BCUT2D eigenvalue weighted by molar-refractivity contribution is 0.108. The van der Waals surface area contributed by atoms with Crippen LogP contribution in [0.4, 0.5) is 5.95 Å². The van der Waals surface area contributed by atoms with Crippen molar-refractivity contribution >= 4 is 36.3 Å². The zero-order chi connectivity index (χ0) is 16.5. The fourth-order valence-electron chi connectivity index (χ4n) is 1.64. The van der Waals surface area contributed by atoms with Gasteiger partial charge in [-0.1, -0.05) is 18.2 Å². The molecule has 2 aromatic heterocycles. The number of aliphatic hydroxyl groups excluding tert-OH is 1. The summed E-state index contributed by atoms with van der Waals surface area (Å²) in [7, 11) is -4.28. The Morgan fingerprint density at radius 3 is 2.86 bits per heavy atom. The van der Waals surface area contributed by atoms with Gasteiger partial charge in [-0.25, -0.2) is 4.98 Å². The second-order valence-electron chi connectivity index (χ2n) is 4.37. The normalized spacial score (nSPS) is 13.5. The molecule has 1 unspecified atom stereocenters. The summed E-state index contributed by atoms with van der Waals surface area (Å²) in [5.41, 5.74) is 6.08. The molecule has 0 radical (unpaired) electrons. The first-order chi connectivity index (χ1) is 10.2. The summed E-state index contributed by atoms with van der Waals surface area (Å²) >= 11 is 5.87. The molecular weight excluding hydrogens is 337 g/mol. The quantitative estimate of drug-likeness (QED) is 0.326. The summed E-state index contributed by atoms with van der Waals surface area (Å²) in [5, 5.41) is 10.2. The highest BCUT2D eigenvalue weighted by Gasteiger charge is 2.19. The number of rotatable bonds is 6. The molecule has 0 aromatic carbocycles. The first-order valence-corrected chi connectivity index (χ1v) is 8.00. The summed E-state index contributed by atoms with van der Waals surface area (Å²) in [6, 6.07) is 0. The number of aromatic nitrogens is 4. The van der Waals surface area contributed by atoms with Crippen molar-refractivity contribution in [3.8, 4) is 0 Å². The third-order valence-electron chi connectivity index (χ3n) is 2.57. The van der Waals surface area contributed by atoms with E-state index in [1.54, 1.807) is 0 Å². The fourth-order valence-corrected chi connectivity index (χ4v) is 2.19. The molecule has 22 heavy (non-hydrogen) atoms. The molecule has 0 aliphatic heterocycles. The number of hydrogen-bond acceptors (Lipinski definition) is 7. The number of halogens is 1. The van der Waals surface area contributed by atoms with Crippen LogP contribution >= 0.6 is 19.2 Å². The Kier molecular flexibility index (Phi) is 4.81. The number of ether oxygens (including phenoxy) is 1. The average molecular weight is 350 g/mol. The molecule has 0 saturated carbocycles. The van der Waals surface area contributed by atoms with Crippen molar-refractivity contribution in [3.05, 3.63) is 23.6 Å². The van der Waals surface area contributed by atoms with E-state index in [1.807, 2.05) is 0 Å². The molecule has 120 valence electrons. The van der Waals surface area contributed by atoms with Gasteiger partial charge < -0.3 is 25.4 Å². The van der Waals surface area contributed by atoms with Gasteiger partial charge in [0.25, 0.3) is 0 Å². The van der Waals surface area contributed by atoms with E-state index in [4.69, 9.17) is 31.9 Å². The number of imidazole rings is 1. The van der Waals surface area contributed by atoms with Crippen molar-refractivity contribution in [2.24, 2.45) is 0 Å². The maximum absolute atomic E-state index is 10.7. The zero-order valence-electron chi connectivity index (χ0n) is 11.1. The standard InChI is InChI=1S/C10H13ClN5O5P/c1-5(2-21-4-22(18,19)20)9(17)16-3-13-6-7(11)14-10(12)15-8(6)16/h3,9,17H,1-2,4H2,(H2,12,14,15)(H2,18,19,20). The van der Waals surface area contributed by atoms with Gasteiger partial charge in [-0.05, 0) is 5.57 Å². The van der Waals surface area contributed by atoms with Crippen LogP contribution in [0.2, 0.25) is 5.15 Å². The smallest absolute Gasteiger partial charge is 0.350 e. The van der Waals surface area contributed by atoms with E-state index in [0.29, 0.717) is 0 Å². The highest BCUT2D eigenvalue weighted by Crippen LogP contribution is 2.34. The van der Waals surface area contributed by atoms with E-state index in [-0.39, 0.29) is 34.4 Å². The van der Waals surface area contributed by atoms with Crippen molar-refractivity contribution in [2.75, 3.05) is 18.7 Å². The summed E-state index contributed by atoms with van der Waals surface area (Å²) < 4.78 is 16.7. The molecule has 0 spiro atoms. The number of hydrogen-bond donors (Lipinski definition) is 4. The topological polar surface area (TPSA) is 157 Å². The van der Waals surface area contributed by atoms with Gasteiger partial charge in [0.15, 0.2) is 17.0 Å². The molecule has 2 heterocycles. The van der Waals surface area contributed by atoms with Crippen LogP contribution in [0.3, 0.4) is 0 Å². The molecule has 0 aliphatic rings. The predicted octanol–water partition coefficient (Wildman–Crippen LogP) is 0.261. The largest absolute Gasteiger partial charge is 0.369 e. The molecule has 10 nitrogen and oxygen atoms in total. The molecular formula is C10H13ClN5O5P. The number of aliphatic hydroxyl groups is 1. The molecule has 2 aromatic rings. The average Bonchev–Trinajstić information content (AvgIpc) is 2.80. The second kappa shape index (κ2) is 6.29. The highest BCUT2D eigenvalue weighted by atomic mass is 35.5. The number of fused-ring (bicyclic) bond motifs is 1. The third kappa shape index (κ3) is 3.80. The Balaban J connectivity index is 2.17. The molecule has 0 fully saturated rings. The minimum Gasteiger partial charge on any atom is -0.369 e. The van der Waals surface area contributed by atoms with Gasteiger partial charge >= 0.3 is 7.60 Å². The van der Waals surface area contributed by atoms with E-state index in [0.717, 1.165) is 0 Å². The monoisotopic (exact) mass is 349 g/mol. The SMILES string of the molecule is C=C(COCP(=O)(O)O)C(O)n1cnc2c(Cl)nc(N)nc21. The Morgan fingerprint density at radius 1 is 1.55 bits per heavy atom. The predicted molar refractivity (Wildman–Crippen MR) is 78.0 cm³/mol. The maximum atomic E-state index is 10.7. The van der Waals surface area contributed by atoms with E-state index in [9.17, 15) is 9.67 Å². The molecule has 2 rings (SSSR count). The van der Waals surface area contributed by atoms with Crippen LogP contribution in [0.1, 0.15) is 6.23 Å². The summed E-state index contributed by atoms with van der Waals surface area (Å²) in [6.45, 7) is 3.33. The van der Waals surface area contributed by atoms with Gasteiger partial charge in [0.2, 0.25) is 5.95 Å². The summed E-state index contributed by atoms with van der Waals surface area (Å²) in [4.78, 5) is 29.0. The van der Waals surface area contributed by atoms with Gasteiger partial charge in [-0.15, -0.1) is 0 Å². The van der Waals surface area contributed by atoms with E-state index < -0.39 is 20.2 Å². The van der Waals surface area contributed by atoms with Gasteiger partial charge in [-0.3, -0.25) is 9.13 Å². The number of nitrogen functional groups attached to an aromatic ring is 1. The minimum atomic E-state index is -4.28. The van der Waals surface area contributed by atoms with Crippen molar-refractivity contribution < 1.29 is 24.2 Å². The molecule has 1 atom stereocenters. The first-order valence-electron chi connectivity index (χ1n) is 5.82. The maximum Gasteiger partial charge on any atom is 0.350 e. The van der Waals surface area contributed by atoms with E-state index in [1.165, 1.54) is 10.9 Å². The van der Waals surface area contributed by atoms with Crippen LogP contribution < -0.4 is 5.73 Å². The van der Waals surface area contributed by atoms with Crippen LogP contribution in [-0.4, -0.2) is 47.4 Å².